The SMILES string of the molecule is COc1ccc(N2CC(C(=O)N3CCC4(CCO4)CC3)CC2=O)cc1Cl. The average Bonchev–Trinajstić information content (AvgIpc) is 3.01. The third kappa shape index (κ3) is 3.05. The Kier molecular flexibility index (Phi) is 4.57. The zero-order valence-corrected chi connectivity index (χ0v) is 15.6. The van der Waals surface area contributed by atoms with E-state index in [0.29, 0.717) is 23.0 Å². The van der Waals surface area contributed by atoms with Gasteiger partial charge in [0.25, 0.3) is 0 Å². The van der Waals surface area contributed by atoms with Crippen LogP contribution in [0.4, 0.5) is 5.69 Å². The maximum absolute atomic E-state index is 12.9. The van der Waals surface area contributed by atoms with Crippen LogP contribution in [0.25, 0.3) is 0 Å². The molecule has 3 saturated heterocycles. The van der Waals surface area contributed by atoms with Crippen molar-refractivity contribution in [2.24, 2.45) is 5.92 Å². The molecule has 1 atom stereocenters. The van der Waals surface area contributed by atoms with Crippen molar-refractivity contribution >= 4 is 29.1 Å². The zero-order valence-electron chi connectivity index (χ0n) is 14.9. The molecule has 1 aromatic carbocycles. The summed E-state index contributed by atoms with van der Waals surface area (Å²) in [7, 11) is 1.55. The van der Waals surface area contributed by atoms with E-state index in [0.717, 1.165) is 39.0 Å². The Morgan fingerprint density at radius 3 is 2.62 bits per heavy atom. The fourth-order valence-corrected chi connectivity index (χ4v) is 4.38. The van der Waals surface area contributed by atoms with Crippen molar-refractivity contribution in [2.75, 3.05) is 38.3 Å². The van der Waals surface area contributed by atoms with E-state index < -0.39 is 0 Å². The number of carbonyl (C=O) groups excluding carboxylic acids is 2. The fourth-order valence-electron chi connectivity index (χ4n) is 4.12. The highest BCUT2D eigenvalue weighted by Gasteiger charge is 2.44. The molecule has 6 nitrogen and oxygen atoms in total. The summed E-state index contributed by atoms with van der Waals surface area (Å²) in [6, 6.07) is 5.25. The molecule has 3 heterocycles. The Morgan fingerprint density at radius 2 is 2.04 bits per heavy atom. The van der Waals surface area contributed by atoms with Crippen molar-refractivity contribution in [3.63, 3.8) is 0 Å². The number of anilines is 1. The monoisotopic (exact) mass is 378 g/mol. The molecule has 1 unspecified atom stereocenters. The lowest BCUT2D eigenvalue weighted by Crippen LogP contribution is -2.54. The first-order valence-electron chi connectivity index (χ1n) is 9.08. The van der Waals surface area contributed by atoms with Gasteiger partial charge in [0.15, 0.2) is 0 Å². The number of rotatable bonds is 3. The second-order valence-corrected chi connectivity index (χ2v) is 7.74. The lowest BCUT2D eigenvalue weighted by molar-refractivity contribution is -0.177. The molecule has 0 saturated carbocycles. The van der Waals surface area contributed by atoms with Gasteiger partial charge in [0.2, 0.25) is 11.8 Å². The number of hydrogen-bond donors (Lipinski definition) is 0. The second kappa shape index (κ2) is 6.74. The number of likely N-dealkylation sites (tertiary alicyclic amines) is 1. The zero-order chi connectivity index (χ0) is 18.3. The van der Waals surface area contributed by atoms with Gasteiger partial charge in [-0.2, -0.15) is 0 Å². The number of amides is 2. The topological polar surface area (TPSA) is 59.1 Å². The molecular weight excluding hydrogens is 356 g/mol. The molecule has 3 fully saturated rings. The van der Waals surface area contributed by atoms with Crippen LogP contribution in [0.1, 0.15) is 25.7 Å². The van der Waals surface area contributed by atoms with Crippen LogP contribution in [-0.2, 0) is 14.3 Å². The van der Waals surface area contributed by atoms with Crippen molar-refractivity contribution in [1.29, 1.82) is 0 Å². The van der Waals surface area contributed by atoms with E-state index in [9.17, 15) is 9.59 Å². The number of halogens is 1. The standard InChI is InChI=1S/C19H23ClN2O4/c1-25-16-3-2-14(11-15(16)20)22-12-13(10-17(22)23)18(24)21-7-4-19(5-8-21)6-9-26-19/h2-3,11,13H,4-10,12H2,1H3. The summed E-state index contributed by atoms with van der Waals surface area (Å²) in [6.45, 7) is 2.68. The van der Waals surface area contributed by atoms with Gasteiger partial charge in [-0.3, -0.25) is 9.59 Å². The molecule has 1 aromatic rings. The molecule has 26 heavy (non-hydrogen) atoms. The number of carbonyl (C=O) groups is 2. The minimum absolute atomic E-state index is 0.0220. The number of methoxy groups -OCH3 is 1. The van der Waals surface area contributed by atoms with Gasteiger partial charge >= 0.3 is 0 Å². The van der Waals surface area contributed by atoms with Gasteiger partial charge in [-0.1, -0.05) is 11.6 Å². The van der Waals surface area contributed by atoms with Crippen LogP contribution in [0.15, 0.2) is 18.2 Å². The quantitative estimate of drug-likeness (QED) is 0.810. The Bertz CT molecular complexity index is 724. The number of ether oxygens (including phenoxy) is 2. The van der Waals surface area contributed by atoms with Gasteiger partial charge < -0.3 is 19.3 Å². The molecule has 3 aliphatic heterocycles. The maximum Gasteiger partial charge on any atom is 0.228 e. The van der Waals surface area contributed by atoms with Crippen LogP contribution in [0.5, 0.6) is 5.75 Å². The summed E-state index contributed by atoms with van der Waals surface area (Å²) < 4.78 is 10.9. The predicted molar refractivity (Wildman–Crippen MR) is 97.6 cm³/mol. The van der Waals surface area contributed by atoms with E-state index in [4.69, 9.17) is 21.1 Å². The third-order valence-corrected chi connectivity index (χ3v) is 6.17. The smallest absolute Gasteiger partial charge is 0.228 e. The summed E-state index contributed by atoms with van der Waals surface area (Å²) in [5.74, 6) is 0.310. The van der Waals surface area contributed by atoms with Crippen LogP contribution >= 0.6 is 11.6 Å². The van der Waals surface area contributed by atoms with E-state index >= 15 is 0 Å². The number of piperidine rings is 1. The van der Waals surface area contributed by atoms with Crippen LogP contribution in [0, 0.1) is 5.92 Å². The number of benzene rings is 1. The van der Waals surface area contributed by atoms with E-state index in [1.54, 1.807) is 30.2 Å². The van der Waals surface area contributed by atoms with Crippen molar-refractivity contribution in [3.8, 4) is 5.75 Å². The maximum atomic E-state index is 12.9. The van der Waals surface area contributed by atoms with Crippen LogP contribution < -0.4 is 9.64 Å². The first-order valence-corrected chi connectivity index (χ1v) is 9.46. The molecule has 0 aromatic heterocycles. The molecule has 4 rings (SSSR count). The molecular formula is C19H23ClN2O4. The third-order valence-electron chi connectivity index (χ3n) is 5.87. The van der Waals surface area contributed by atoms with Crippen LogP contribution in [0.2, 0.25) is 5.02 Å². The molecule has 1 spiro atoms. The van der Waals surface area contributed by atoms with E-state index in [1.165, 1.54) is 0 Å². The first-order chi connectivity index (χ1) is 12.5. The summed E-state index contributed by atoms with van der Waals surface area (Å²) in [4.78, 5) is 28.9. The van der Waals surface area contributed by atoms with Crippen LogP contribution in [-0.4, -0.2) is 55.7 Å². The summed E-state index contributed by atoms with van der Waals surface area (Å²) in [6.07, 6.45) is 3.15. The van der Waals surface area contributed by atoms with Gasteiger partial charge in [-0.15, -0.1) is 0 Å². The Labute approximate surface area is 158 Å². The first kappa shape index (κ1) is 17.6. The lowest BCUT2D eigenvalue weighted by Gasteiger charge is -2.47. The van der Waals surface area contributed by atoms with Crippen LogP contribution in [0.3, 0.4) is 0 Å². The molecule has 0 bridgehead atoms. The molecule has 0 N–H and O–H groups in total. The van der Waals surface area contributed by atoms with Crippen molar-refractivity contribution in [2.45, 2.75) is 31.3 Å². The Balaban J connectivity index is 1.41. The normalized spacial score (nSPS) is 24.7. The van der Waals surface area contributed by atoms with Crippen molar-refractivity contribution in [1.82, 2.24) is 4.90 Å². The minimum Gasteiger partial charge on any atom is -0.495 e. The van der Waals surface area contributed by atoms with E-state index in [2.05, 4.69) is 0 Å². The molecule has 0 aliphatic carbocycles. The van der Waals surface area contributed by atoms with Crippen molar-refractivity contribution in [3.05, 3.63) is 23.2 Å². The largest absolute Gasteiger partial charge is 0.495 e. The minimum atomic E-state index is -0.292. The van der Waals surface area contributed by atoms with Gasteiger partial charge in [0.1, 0.15) is 5.75 Å². The fraction of sp³-hybridized carbons (Fsp3) is 0.579. The highest BCUT2D eigenvalue weighted by molar-refractivity contribution is 6.32. The molecule has 0 radical (unpaired) electrons. The van der Waals surface area contributed by atoms with Gasteiger partial charge in [0, 0.05) is 31.7 Å². The number of hydrogen-bond acceptors (Lipinski definition) is 4. The van der Waals surface area contributed by atoms with E-state index in [1.807, 2.05) is 4.90 Å². The second-order valence-electron chi connectivity index (χ2n) is 7.33. The van der Waals surface area contributed by atoms with Gasteiger partial charge in [-0.25, -0.2) is 0 Å². The highest BCUT2D eigenvalue weighted by Crippen LogP contribution is 2.38. The summed E-state index contributed by atoms with van der Waals surface area (Å²) >= 11 is 6.17. The van der Waals surface area contributed by atoms with Gasteiger partial charge in [-0.05, 0) is 37.5 Å². The molecule has 2 amide bonds. The predicted octanol–water partition coefficient (Wildman–Crippen LogP) is 2.48. The molecule has 7 heteroatoms. The Morgan fingerprint density at radius 1 is 1.31 bits per heavy atom. The average molecular weight is 379 g/mol. The lowest BCUT2D eigenvalue weighted by atomic mass is 9.84. The highest BCUT2D eigenvalue weighted by atomic mass is 35.5. The van der Waals surface area contributed by atoms with Crippen molar-refractivity contribution < 1.29 is 19.1 Å². The van der Waals surface area contributed by atoms with E-state index in [-0.39, 0.29) is 29.8 Å². The van der Waals surface area contributed by atoms with Gasteiger partial charge in [0.05, 0.1) is 30.3 Å². The molecule has 3 aliphatic rings. The summed E-state index contributed by atoms with van der Waals surface area (Å²) in [5.41, 5.74) is 0.727. The molecule has 140 valence electrons. The number of nitrogens with zero attached hydrogens (tertiary/aromatic N) is 2. The summed E-state index contributed by atoms with van der Waals surface area (Å²) in [5, 5.41) is 0.453. The Hall–Kier alpha value is -1.79.